The third-order valence-corrected chi connectivity index (χ3v) is 7.50. The molecule has 5 rings (SSSR count). The third-order valence-electron chi connectivity index (χ3n) is 7.50. The molecular weight excluding hydrogens is 408 g/mol. The van der Waals surface area contributed by atoms with E-state index in [1.165, 1.54) is 24.0 Å². The lowest BCUT2D eigenvalue weighted by molar-refractivity contribution is 0.105. The summed E-state index contributed by atoms with van der Waals surface area (Å²) in [5.41, 5.74) is 4.46. The van der Waals surface area contributed by atoms with Crippen molar-refractivity contribution in [2.75, 3.05) is 24.5 Å². The van der Waals surface area contributed by atoms with Gasteiger partial charge in [-0.05, 0) is 59.8 Å². The van der Waals surface area contributed by atoms with Gasteiger partial charge in [0.1, 0.15) is 0 Å². The highest BCUT2D eigenvalue weighted by atomic mass is 16.4. The highest BCUT2D eigenvalue weighted by molar-refractivity contribution is 5.87. The summed E-state index contributed by atoms with van der Waals surface area (Å²) in [6, 6.07) is 29.0. The number of para-hydroxylation sites is 1. The van der Waals surface area contributed by atoms with Gasteiger partial charge in [0.05, 0.1) is 5.69 Å². The predicted octanol–water partition coefficient (Wildman–Crippen LogP) is 5.92. The maximum Gasteiger partial charge on any atom is 0.411 e. The summed E-state index contributed by atoms with van der Waals surface area (Å²) in [7, 11) is 0. The van der Waals surface area contributed by atoms with E-state index in [0.717, 1.165) is 37.3 Å². The molecule has 1 saturated carbocycles. The van der Waals surface area contributed by atoms with Crippen molar-refractivity contribution in [3.63, 3.8) is 0 Å². The Morgan fingerprint density at radius 1 is 0.818 bits per heavy atom. The number of carbonyl (C=O) groups is 1. The van der Waals surface area contributed by atoms with Crippen LogP contribution in [0.2, 0.25) is 0 Å². The van der Waals surface area contributed by atoms with Crippen molar-refractivity contribution in [1.29, 1.82) is 0 Å². The monoisotopic (exact) mass is 440 g/mol. The van der Waals surface area contributed by atoms with Gasteiger partial charge in [0.25, 0.3) is 0 Å². The number of nitrogens with zero attached hydrogens (tertiary/aromatic N) is 2. The number of carboxylic acid groups (broad SMARTS) is 1. The van der Waals surface area contributed by atoms with Crippen LogP contribution in [0.4, 0.5) is 10.5 Å². The molecule has 4 nitrogen and oxygen atoms in total. The fraction of sp³-hybridized carbons (Fsp3) is 0.345. The van der Waals surface area contributed by atoms with Crippen molar-refractivity contribution >= 4 is 11.8 Å². The molecule has 170 valence electrons. The first kappa shape index (κ1) is 21.7. The van der Waals surface area contributed by atoms with E-state index in [4.69, 9.17) is 0 Å². The van der Waals surface area contributed by atoms with Gasteiger partial charge in [-0.1, -0.05) is 78.9 Å². The van der Waals surface area contributed by atoms with Gasteiger partial charge in [-0.25, -0.2) is 4.79 Å². The average molecular weight is 441 g/mol. The minimum absolute atomic E-state index is 0.429. The molecule has 3 aromatic carbocycles. The van der Waals surface area contributed by atoms with Gasteiger partial charge in [-0.15, -0.1) is 0 Å². The van der Waals surface area contributed by atoms with Gasteiger partial charge in [-0.3, -0.25) is 9.80 Å². The lowest BCUT2D eigenvalue weighted by atomic mass is 9.84. The van der Waals surface area contributed by atoms with Crippen molar-refractivity contribution in [3.8, 4) is 0 Å². The predicted molar refractivity (Wildman–Crippen MR) is 132 cm³/mol. The summed E-state index contributed by atoms with van der Waals surface area (Å²) in [6.45, 7) is 3.71. The van der Waals surface area contributed by atoms with E-state index in [2.05, 4.69) is 53.4 Å². The van der Waals surface area contributed by atoms with Crippen LogP contribution in [-0.4, -0.2) is 35.7 Å². The van der Waals surface area contributed by atoms with Crippen LogP contribution in [0.5, 0.6) is 0 Å². The Hall–Kier alpha value is -3.11. The number of piperidine rings is 1. The quantitative estimate of drug-likeness (QED) is 0.496. The van der Waals surface area contributed by atoms with E-state index < -0.39 is 6.09 Å². The Labute approximate surface area is 196 Å². The van der Waals surface area contributed by atoms with E-state index in [0.29, 0.717) is 24.3 Å². The molecule has 3 aromatic rings. The lowest BCUT2D eigenvalue weighted by Gasteiger charge is -2.40. The maximum absolute atomic E-state index is 12.4. The molecule has 2 atom stereocenters. The molecule has 33 heavy (non-hydrogen) atoms. The van der Waals surface area contributed by atoms with Gasteiger partial charge in [-0.2, -0.15) is 0 Å². The number of hydrogen-bond donors (Lipinski definition) is 1. The summed E-state index contributed by atoms with van der Waals surface area (Å²) < 4.78 is 0. The maximum atomic E-state index is 12.4. The standard InChI is InChI=1S/C29H32N2O2/c32-29(33)31(28-14-8-7-13-24(28)17-22-9-3-1-4-10-22)21-27-25-15-16-26(27)20-30(19-25)18-23-11-5-2-6-12-23/h1-14,25-27H,15-21H2,(H,32,33). The van der Waals surface area contributed by atoms with Gasteiger partial charge in [0, 0.05) is 26.2 Å². The Bertz CT molecular complexity index is 1060. The second-order valence-electron chi connectivity index (χ2n) is 9.63. The summed E-state index contributed by atoms with van der Waals surface area (Å²) in [4.78, 5) is 16.6. The lowest BCUT2D eigenvalue weighted by Crippen LogP contribution is -2.47. The molecule has 1 saturated heterocycles. The second-order valence-corrected chi connectivity index (χ2v) is 9.63. The van der Waals surface area contributed by atoms with Crippen LogP contribution in [0.3, 0.4) is 0 Å². The fourth-order valence-electron chi connectivity index (χ4n) is 5.93. The van der Waals surface area contributed by atoms with E-state index >= 15 is 0 Å². The van der Waals surface area contributed by atoms with E-state index in [9.17, 15) is 9.90 Å². The van der Waals surface area contributed by atoms with Crippen LogP contribution in [-0.2, 0) is 13.0 Å². The number of fused-ring (bicyclic) bond motifs is 2. The summed E-state index contributed by atoms with van der Waals surface area (Å²) in [6.07, 6.45) is 2.31. The van der Waals surface area contributed by atoms with Crippen LogP contribution < -0.4 is 4.90 Å². The highest BCUT2D eigenvalue weighted by Gasteiger charge is 2.43. The van der Waals surface area contributed by atoms with Crippen molar-refractivity contribution in [2.24, 2.45) is 17.8 Å². The first-order chi connectivity index (χ1) is 16.2. The number of rotatable bonds is 7. The minimum atomic E-state index is -0.846. The summed E-state index contributed by atoms with van der Waals surface area (Å²) in [5.74, 6) is 1.56. The number of anilines is 1. The van der Waals surface area contributed by atoms with E-state index in [1.807, 2.05) is 36.4 Å². The molecule has 2 unspecified atom stereocenters. The van der Waals surface area contributed by atoms with Gasteiger partial charge < -0.3 is 5.11 Å². The van der Waals surface area contributed by atoms with E-state index in [1.54, 1.807) is 4.90 Å². The topological polar surface area (TPSA) is 43.8 Å². The highest BCUT2D eigenvalue weighted by Crippen LogP contribution is 2.43. The van der Waals surface area contributed by atoms with Crippen molar-refractivity contribution in [1.82, 2.24) is 4.90 Å². The Balaban J connectivity index is 1.32. The smallest absolute Gasteiger partial charge is 0.411 e. The average Bonchev–Trinajstić information content (AvgIpc) is 3.06. The van der Waals surface area contributed by atoms with Crippen molar-refractivity contribution < 1.29 is 9.90 Å². The van der Waals surface area contributed by atoms with Crippen molar-refractivity contribution in [3.05, 3.63) is 102 Å². The molecule has 2 aliphatic rings. The molecule has 1 aliphatic heterocycles. The molecule has 1 aliphatic carbocycles. The molecule has 1 N–H and O–H groups in total. The summed E-state index contributed by atoms with van der Waals surface area (Å²) >= 11 is 0. The van der Waals surface area contributed by atoms with Crippen LogP contribution in [0.25, 0.3) is 0 Å². The molecule has 0 radical (unpaired) electrons. The molecule has 2 bridgehead atoms. The number of amides is 1. The largest absolute Gasteiger partial charge is 0.465 e. The zero-order valence-corrected chi connectivity index (χ0v) is 19.0. The van der Waals surface area contributed by atoms with Crippen molar-refractivity contribution in [2.45, 2.75) is 25.8 Å². The molecule has 1 amide bonds. The minimum Gasteiger partial charge on any atom is -0.465 e. The molecule has 0 aromatic heterocycles. The zero-order chi connectivity index (χ0) is 22.6. The second kappa shape index (κ2) is 9.80. The molecule has 4 heteroatoms. The normalized spacial score (nSPS) is 22.2. The Morgan fingerprint density at radius 2 is 1.39 bits per heavy atom. The number of hydrogen-bond acceptors (Lipinski definition) is 2. The van der Waals surface area contributed by atoms with Crippen LogP contribution >= 0.6 is 0 Å². The van der Waals surface area contributed by atoms with Gasteiger partial charge in [0.2, 0.25) is 0 Å². The van der Waals surface area contributed by atoms with Gasteiger partial charge in [0.15, 0.2) is 0 Å². The number of likely N-dealkylation sites (tertiary alicyclic amines) is 1. The fourth-order valence-corrected chi connectivity index (χ4v) is 5.93. The molecule has 1 heterocycles. The van der Waals surface area contributed by atoms with E-state index in [-0.39, 0.29) is 0 Å². The Kier molecular flexibility index (Phi) is 6.45. The first-order valence-corrected chi connectivity index (χ1v) is 12.1. The SMILES string of the molecule is O=C(O)N(CC1C2CCC1CN(Cc1ccccc1)C2)c1ccccc1Cc1ccccc1. The number of benzene rings is 3. The molecule has 2 fully saturated rings. The molecular formula is C29H32N2O2. The summed E-state index contributed by atoms with van der Waals surface area (Å²) in [5, 5.41) is 10.2. The molecule has 0 spiro atoms. The van der Waals surface area contributed by atoms with Crippen LogP contribution in [0, 0.1) is 17.8 Å². The van der Waals surface area contributed by atoms with Crippen LogP contribution in [0.1, 0.15) is 29.5 Å². The third kappa shape index (κ3) is 4.96. The van der Waals surface area contributed by atoms with Crippen LogP contribution in [0.15, 0.2) is 84.9 Å². The zero-order valence-electron chi connectivity index (χ0n) is 19.0. The Morgan fingerprint density at radius 3 is 2.03 bits per heavy atom. The van der Waals surface area contributed by atoms with Gasteiger partial charge >= 0.3 is 6.09 Å². The first-order valence-electron chi connectivity index (χ1n) is 12.1.